The van der Waals surface area contributed by atoms with E-state index in [1.807, 2.05) is 18.2 Å². The van der Waals surface area contributed by atoms with Gasteiger partial charge in [-0.25, -0.2) is 4.99 Å². The zero-order valence-corrected chi connectivity index (χ0v) is 11.7. The van der Waals surface area contributed by atoms with Crippen LogP contribution in [-0.2, 0) is 0 Å². The van der Waals surface area contributed by atoms with E-state index in [2.05, 4.69) is 30.9 Å². The van der Waals surface area contributed by atoms with Crippen LogP contribution in [0.15, 0.2) is 35.3 Å². The Labute approximate surface area is 114 Å². The van der Waals surface area contributed by atoms with Crippen molar-refractivity contribution in [3.63, 3.8) is 0 Å². The molecule has 0 amide bonds. The van der Waals surface area contributed by atoms with Crippen molar-refractivity contribution in [2.24, 2.45) is 4.99 Å². The Hall–Kier alpha value is -1.28. The van der Waals surface area contributed by atoms with Crippen LogP contribution < -0.4 is 0 Å². The molecule has 2 nitrogen and oxygen atoms in total. The molecule has 0 unspecified atom stereocenters. The highest BCUT2D eigenvalue weighted by atomic mass is 35.5. The highest BCUT2D eigenvalue weighted by Gasteiger charge is 2.17. The molecule has 2 rings (SSSR count). The number of aryl methyl sites for hydroxylation is 1. The molecule has 0 spiro atoms. The smallest absolute Gasteiger partial charge is 0.105 e. The molecular weight excluding hydrogens is 244 g/mol. The van der Waals surface area contributed by atoms with Crippen LogP contribution in [0.1, 0.15) is 25.3 Å². The lowest BCUT2D eigenvalue weighted by Crippen LogP contribution is -2.24. The van der Waals surface area contributed by atoms with Crippen LogP contribution in [0.4, 0.5) is 5.69 Å². The number of halogens is 1. The number of hydrogen-bond donors (Lipinski definition) is 0. The van der Waals surface area contributed by atoms with Crippen molar-refractivity contribution in [3.8, 4) is 0 Å². The van der Waals surface area contributed by atoms with Crippen LogP contribution >= 0.6 is 11.6 Å². The van der Waals surface area contributed by atoms with Gasteiger partial charge in [-0.05, 0) is 44.0 Å². The Bertz CT molecular complexity index is 477. The van der Waals surface area contributed by atoms with E-state index in [9.17, 15) is 0 Å². The van der Waals surface area contributed by atoms with Crippen LogP contribution in [0.5, 0.6) is 0 Å². The molecule has 1 fully saturated rings. The third-order valence-electron chi connectivity index (χ3n) is 3.16. The average molecular weight is 263 g/mol. The maximum atomic E-state index is 5.96. The van der Waals surface area contributed by atoms with Gasteiger partial charge in [-0.1, -0.05) is 23.8 Å². The second-order valence-corrected chi connectivity index (χ2v) is 5.01. The van der Waals surface area contributed by atoms with Crippen LogP contribution in [0.2, 0.25) is 5.02 Å². The number of allylic oxidation sites excluding steroid dienone is 1. The Morgan fingerprint density at radius 2 is 2.28 bits per heavy atom. The molecule has 0 N–H and O–H groups in total. The van der Waals surface area contributed by atoms with Gasteiger partial charge in [0.25, 0.3) is 0 Å². The summed E-state index contributed by atoms with van der Waals surface area (Å²) < 4.78 is 0. The Morgan fingerprint density at radius 1 is 1.44 bits per heavy atom. The van der Waals surface area contributed by atoms with Gasteiger partial charge in [-0.2, -0.15) is 0 Å². The van der Waals surface area contributed by atoms with Gasteiger partial charge in [0.05, 0.1) is 5.69 Å². The van der Waals surface area contributed by atoms with E-state index in [0.29, 0.717) is 0 Å². The first-order valence-electron chi connectivity index (χ1n) is 6.40. The molecule has 0 bridgehead atoms. The van der Waals surface area contributed by atoms with Crippen molar-refractivity contribution < 1.29 is 0 Å². The van der Waals surface area contributed by atoms with Crippen LogP contribution in [0, 0.1) is 6.92 Å². The summed E-state index contributed by atoms with van der Waals surface area (Å²) in [7, 11) is 0. The van der Waals surface area contributed by atoms with E-state index in [-0.39, 0.29) is 0 Å². The predicted molar refractivity (Wildman–Crippen MR) is 78.9 cm³/mol. The van der Waals surface area contributed by atoms with Crippen LogP contribution in [-0.4, -0.2) is 23.8 Å². The molecular formula is C15H19ClN2. The SMILES string of the molecule is C/C=C/CN1CCCC1=Nc1ccc(Cl)cc1C. The molecule has 0 aromatic heterocycles. The third kappa shape index (κ3) is 3.14. The van der Waals surface area contributed by atoms with E-state index < -0.39 is 0 Å². The minimum atomic E-state index is 0.772. The lowest BCUT2D eigenvalue weighted by Gasteiger charge is -2.16. The first-order chi connectivity index (χ1) is 8.70. The molecule has 1 saturated heterocycles. The van der Waals surface area contributed by atoms with Crippen LogP contribution in [0.3, 0.4) is 0 Å². The zero-order valence-electron chi connectivity index (χ0n) is 11.0. The number of nitrogens with zero attached hydrogens (tertiary/aromatic N) is 2. The zero-order chi connectivity index (χ0) is 13.0. The minimum Gasteiger partial charge on any atom is -0.356 e. The van der Waals surface area contributed by atoms with Gasteiger partial charge < -0.3 is 4.90 Å². The normalized spacial score (nSPS) is 18.2. The van der Waals surface area contributed by atoms with Crippen molar-refractivity contribution in [3.05, 3.63) is 40.9 Å². The number of amidine groups is 1. The first-order valence-corrected chi connectivity index (χ1v) is 6.78. The molecule has 1 aromatic carbocycles. The fourth-order valence-corrected chi connectivity index (χ4v) is 2.38. The standard InChI is InChI=1S/C15H19ClN2/c1-3-4-9-18-10-5-6-15(18)17-14-8-7-13(16)11-12(14)2/h3-4,7-8,11H,5-6,9-10H2,1-2H3/b4-3+,17-15?. The molecule has 96 valence electrons. The quantitative estimate of drug-likeness (QED) is 0.740. The van der Waals surface area contributed by atoms with Gasteiger partial charge in [-0.3, -0.25) is 0 Å². The number of benzene rings is 1. The summed E-state index contributed by atoms with van der Waals surface area (Å²) in [5.74, 6) is 1.19. The molecule has 0 atom stereocenters. The highest BCUT2D eigenvalue weighted by molar-refractivity contribution is 6.30. The first kappa shape index (κ1) is 13.2. The van der Waals surface area contributed by atoms with Crippen LogP contribution in [0.25, 0.3) is 0 Å². The summed E-state index contributed by atoms with van der Waals surface area (Å²) in [6, 6.07) is 5.86. The molecule has 0 aliphatic carbocycles. The molecule has 1 heterocycles. The van der Waals surface area contributed by atoms with Gasteiger partial charge in [0, 0.05) is 24.5 Å². The Balaban J connectivity index is 2.20. The van der Waals surface area contributed by atoms with Crippen molar-refractivity contribution >= 4 is 23.1 Å². The lowest BCUT2D eigenvalue weighted by atomic mass is 10.2. The maximum absolute atomic E-state index is 5.96. The van der Waals surface area contributed by atoms with E-state index in [1.54, 1.807) is 0 Å². The van der Waals surface area contributed by atoms with Crippen molar-refractivity contribution in [1.82, 2.24) is 4.90 Å². The molecule has 1 aliphatic rings. The summed E-state index contributed by atoms with van der Waals surface area (Å²) in [5.41, 5.74) is 2.16. The monoisotopic (exact) mass is 262 g/mol. The van der Waals surface area contributed by atoms with Gasteiger partial charge in [0.15, 0.2) is 0 Å². The second-order valence-electron chi connectivity index (χ2n) is 4.58. The van der Waals surface area contributed by atoms with E-state index in [1.165, 1.54) is 12.3 Å². The van der Waals surface area contributed by atoms with Gasteiger partial charge in [-0.15, -0.1) is 0 Å². The molecule has 3 heteroatoms. The van der Waals surface area contributed by atoms with Gasteiger partial charge in [0.2, 0.25) is 0 Å². The van der Waals surface area contributed by atoms with Crippen molar-refractivity contribution in [2.75, 3.05) is 13.1 Å². The molecule has 0 radical (unpaired) electrons. The highest BCUT2D eigenvalue weighted by Crippen LogP contribution is 2.24. The van der Waals surface area contributed by atoms with E-state index in [4.69, 9.17) is 16.6 Å². The summed E-state index contributed by atoms with van der Waals surface area (Å²) >= 11 is 5.96. The largest absolute Gasteiger partial charge is 0.356 e. The van der Waals surface area contributed by atoms with Crippen molar-refractivity contribution in [1.29, 1.82) is 0 Å². The van der Waals surface area contributed by atoms with E-state index in [0.717, 1.165) is 35.8 Å². The second kappa shape index (κ2) is 6.05. The Kier molecular flexibility index (Phi) is 4.43. The third-order valence-corrected chi connectivity index (χ3v) is 3.40. The van der Waals surface area contributed by atoms with Gasteiger partial charge in [0.1, 0.15) is 5.84 Å². The molecule has 18 heavy (non-hydrogen) atoms. The molecule has 1 aliphatic heterocycles. The summed E-state index contributed by atoms with van der Waals surface area (Å²) in [5, 5.41) is 0.772. The summed E-state index contributed by atoms with van der Waals surface area (Å²) in [6.07, 6.45) is 6.53. The fourth-order valence-electron chi connectivity index (χ4n) is 2.15. The fraction of sp³-hybridized carbons (Fsp3) is 0.400. The van der Waals surface area contributed by atoms with Gasteiger partial charge >= 0.3 is 0 Å². The topological polar surface area (TPSA) is 15.6 Å². The average Bonchev–Trinajstić information content (AvgIpc) is 2.77. The maximum Gasteiger partial charge on any atom is 0.105 e. The Morgan fingerprint density at radius 3 is 3.00 bits per heavy atom. The van der Waals surface area contributed by atoms with E-state index >= 15 is 0 Å². The summed E-state index contributed by atoms with van der Waals surface area (Å²) in [4.78, 5) is 7.12. The minimum absolute atomic E-state index is 0.772. The number of hydrogen-bond acceptors (Lipinski definition) is 1. The molecule has 1 aromatic rings. The predicted octanol–water partition coefficient (Wildman–Crippen LogP) is 4.35. The lowest BCUT2D eigenvalue weighted by molar-refractivity contribution is 0.502. The number of rotatable bonds is 3. The number of aliphatic imine (C=N–C) groups is 1. The molecule has 0 saturated carbocycles. The summed E-state index contributed by atoms with van der Waals surface area (Å²) in [6.45, 7) is 6.17. The number of likely N-dealkylation sites (tertiary alicyclic amines) is 1. The van der Waals surface area contributed by atoms with Crippen molar-refractivity contribution in [2.45, 2.75) is 26.7 Å².